The van der Waals surface area contributed by atoms with Crippen molar-refractivity contribution in [3.63, 3.8) is 0 Å². The molecule has 0 amide bonds. The molecule has 0 spiro atoms. The molecule has 8 heteroatoms. The van der Waals surface area contributed by atoms with Gasteiger partial charge < -0.3 is 14.9 Å². The lowest BCUT2D eigenvalue weighted by molar-refractivity contribution is -0.239. The van der Waals surface area contributed by atoms with Crippen LogP contribution in [0.1, 0.15) is 66.2 Å². The van der Waals surface area contributed by atoms with E-state index in [4.69, 9.17) is 4.74 Å². The quantitative estimate of drug-likeness (QED) is 0.615. The van der Waals surface area contributed by atoms with E-state index in [0.29, 0.717) is 6.42 Å². The van der Waals surface area contributed by atoms with Crippen molar-refractivity contribution in [2.24, 2.45) is 28.6 Å². The lowest BCUT2D eigenvalue weighted by atomic mass is 9.43. The minimum atomic E-state index is -2.20. The Bertz CT molecular complexity index is 919. The van der Waals surface area contributed by atoms with Crippen LogP contribution in [0.2, 0.25) is 0 Å². The minimum absolute atomic E-state index is 0.0137. The lowest BCUT2D eigenvalue weighted by Gasteiger charge is -2.64. The topological polar surface area (TPSA) is 101 Å². The number of Topliss-reactive ketones (excluding diaryl/α,β-unsaturated/α-hetero) is 1. The first kappa shape index (κ1) is 24.5. The van der Waals surface area contributed by atoms with Gasteiger partial charge in [0.15, 0.2) is 11.4 Å². The van der Waals surface area contributed by atoms with Gasteiger partial charge in [-0.3, -0.25) is 14.4 Å². The van der Waals surface area contributed by atoms with Gasteiger partial charge in [0.05, 0.1) is 6.10 Å². The van der Waals surface area contributed by atoms with E-state index in [1.54, 1.807) is 27.7 Å². The summed E-state index contributed by atoms with van der Waals surface area (Å²) in [5, 5.41) is 21.2. The van der Waals surface area contributed by atoms with Crippen molar-refractivity contribution in [1.29, 1.82) is 0 Å². The zero-order chi connectivity index (χ0) is 24.6. The molecular weight excluding hydrogens is 434 g/mol. The summed E-state index contributed by atoms with van der Waals surface area (Å²) in [7, 11) is 0. The van der Waals surface area contributed by atoms with Crippen molar-refractivity contribution in [3.8, 4) is 0 Å². The van der Waals surface area contributed by atoms with Crippen LogP contribution in [0.5, 0.6) is 0 Å². The normalized spacial score (nSPS) is 48.9. The van der Waals surface area contributed by atoms with Crippen molar-refractivity contribution in [1.82, 2.24) is 0 Å². The zero-order valence-corrected chi connectivity index (χ0v) is 19.7. The number of halogens is 2. The van der Waals surface area contributed by atoms with Gasteiger partial charge in [0.1, 0.15) is 18.4 Å². The molecule has 2 N–H and O–H groups in total. The largest absolute Gasteiger partial charge is 0.450 e. The summed E-state index contributed by atoms with van der Waals surface area (Å²) in [5.41, 5.74) is -6.34. The van der Waals surface area contributed by atoms with Crippen LogP contribution in [0.4, 0.5) is 8.78 Å². The first-order valence-corrected chi connectivity index (χ1v) is 11.9. The number of carbonyl (C=O) groups excluding carboxylic acids is 3. The number of aliphatic hydroxyl groups excluding tert-OH is 2. The van der Waals surface area contributed by atoms with Crippen LogP contribution in [0.25, 0.3) is 0 Å². The van der Waals surface area contributed by atoms with Crippen molar-refractivity contribution in [2.75, 3.05) is 6.61 Å². The summed E-state index contributed by atoms with van der Waals surface area (Å²) in [6.45, 7) is 5.76. The molecule has 0 aliphatic heterocycles. The Morgan fingerprint density at radius 1 is 1.24 bits per heavy atom. The first-order chi connectivity index (χ1) is 15.3. The van der Waals surface area contributed by atoms with Gasteiger partial charge in [0.25, 0.3) is 0 Å². The molecule has 3 fully saturated rings. The van der Waals surface area contributed by atoms with E-state index in [9.17, 15) is 24.6 Å². The van der Waals surface area contributed by atoms with Crippen molar-refractivity contribution in [2.45, 2.75) is 89.8 Å². The third kappa shape index (κ3) is 2.86. The monoisotopic (exact) mass is 468 g/mol. The molecule has 0 unspecified atom stereocenters. The van der Waals surface area contributed by atoms with Crippen LogP contribution in [0.15, 0.2) is 11.6 Å². The standard InChI is InChI=1S/C25H34F2O6/c1-5-21(32)33-25(20(31)12-28)13(2)8-15-16-10-18(26)17-9-14(29)6-7-22(17,3)24(16,27)19(30)11-23(15,25)4/h9,13,15-16,18-19,28,30H,5-8,10-12H2,1-4H3/t13-,15+,16+,18+,19+,22+,23+,24+,25+/m1/s1. The molecule has 0 heterocycles. The zero-order valence-electron chi connectivity index (χ0n) is 19.7. The number of alkyl halides is 2. The molecule has 0 saturated heterocycles. The number of allylic oxidation sites excluding steroid dienone is 1. The summed E-state index contributed by atoms with van der Waals surface area (Å²) in [4.78, 5) is 37.6. The Balaban J connectivity index is 1.87. The van der Waals surface area contributed by atoms with Gasteiger partial charge in [-0.25, -0.2) is 8.78 Å². The molecule has 184 valence electrons. The Kier molecular flexibility index (Phi) is 5.68. The van der Waals surface area contributed by atoms with Gasteiger partial charge in [-0.2, -0.15) is 0 Å². The Hall–Kier alpha value is -1.67. The number of esters is 1. The van der Waals surface area contributed by atoms with Crippen LogP contribution in [0, 0.1) is 28.6 Å². The van der Waals surface area contributed by atoms with Crippen molar-refractivity contribution >= 4 is 17.5 Å². The number of rotatable bonds is 4. The predicted molar refractivity (Wildman–Crippen MR) is 114 cm³/mol. The molecule has 4 aliphatic rings. The number of carbonyl (C=O) groups is 3. The van der Waals surface area contributed by atoms with Crippen LogP contribution < -0.4 is 0 Å². The minimum Gasteiger partial charge on any atom is -0.450 e. The smallest absolute Gasteiger partial charge is 0.306 e. The maximum Gasteiger partial charge on any atom is 0.306 e. The second-order valence-electron chi connectivity index (χ2n) is 11.0. The van der Waals surface area contributed by atoms with E-state index in [0.717, 1.165) is 0 Å². The van der Waals surface area contributed by atoms with Crippen LogP contribution in [-0.2, 0) is 19.1 Å². The molecule has 4 aliphatic carbocycles. The summed E-state index contributed by atoms with van der Waals surface area (Å²) >= 11 is 0. The molecule has 0 aromatic carbocycles. The molecule has 6 nitrogen and oxygen atoms in total. The highest BCUT2D eigenvalue weighted by Crippen LogP contribution is 2.72. The molecule has 0 bridgehead atoms. The molecule has 9 atom stereocenters. The molecule has 4 rings (SSSR count). The highest BCUT2D eigenvalue weighted by molar-refractivity contribution is 5.93. The van der Waals surface area contributed by atoms with E-state index in [-0.39, 0.29) is 43.5 Å². The lowest BCUT2D eigenvalue weighted by Crippen LogP contribution is -2.71. The van der Waals surface area contributed by atoms with Crippen molar-refractivity contribution < 1.29 is 38.1 Å². The number of ether oxygens (including phenoxy) is 1. The maximum atomic E-state index is 17.2. The highest BCUT2D eigenvalue weighted by atomic mass is 19.1. The fourth-order valence-electron chi connectivity index (χ4n) is 8.12. The summed E-state index contributed by atoms with van der Waals surface area (Å²) in [6.07, 6.45) is -1.79. The van der Waals surface area contributed by atoms with E-state index in [1.807, 2.05) is 0 Å². The number of aliphatic hydroxyl groups is 2. The molecule has 33 heavy (non-hydrogen) atoms. The molecule has 0 aromatic heterocycles. The van der Waals surface area contributed by atoms with Crippen molar-refractivity contribution in [3.05, 3.63) is 11.6 Å². The van der Waals surface area contributed by atoms with Crippen LogP contribution in [0.3, 0.4) is 0 Å². The number of fused-ring (bicyclic) bond motifs is 5. The fraction of sp³-hybridized carbons (Fsp3) is 0.800. The van der Waals surface area contributed by atoms with Gasteiger partial charge in [-0.15, -0.1) is 0 Å². The van der Waals surface area contributed by atoms with Gasteiger partial charge in [0.2, 0.25) is 5.78 Å². The number of hydrogen-bond acceptors (Lipinski definition) is 6. The average Bonchev–Trinajstić information content (AvgIpc) is 2.98. The van der Waals surface area contributed by atoms with E-state index in [2.05, 4.69) is 0 Å². The second kappa shape index (κ2) is 7.67. The average molecular weight is 469 g/mol. The van der Waals surface area contributed by atoms with Crippen LogP contribution >= 0.6 is 0 Å². The van der Waals surface area contributed by atoms with Gasteiger partial charge in [-0.05, 0) is 43.3 Å². The summed E-state index contributed by atoms with van der Waals surface area (Å²) in [5.74, 6) is -3.58. The van der Waals surface area contributed by atoms with Gasteiger partial charge >= 0.3 is 5.97 Å². The molecular formula is C25H34F2O6. The Morgan fingerprint density at radius 3 is 2.52 bits per heavy atom. The molecule has 0 radical (unpaired) electrons. The maximum absolute atomic E-state index is 17.2. The SMILES string of the molecule is CCC(=O)O[C@]1(C(=O)CO)[C@H](C)C[C@H]2[C@@H]3C[C@H](F)C4=CC(=O)CC[C@]4(C)[C@@]3(F)[C@@H](O)C[C@@]21C. The Labute approximate surface area is 192 Å². The third-order valence-corrected chi connectivity index (χ3v) is 9.69. The second-order valence-corrected chi connectivity index (χ2v) is 11.0. The highest BCUT2D eigenvalue weighted by Gasteiger charge is 2.78. The fourth-order valence-corrected chi connectivity index (χ4v) is 8.12. The van der Waals surface area contributed by atoms with E-state index < -0.39 is 70.5 Å². The Morgan fingerprint density at radius 2 is 1.91 bits per heavy atom. The summed E-state index contributed by atoms with van der Waals surface area (Å²) in [6, 6.07) is 0. The van der Waals surface area contributed by atoms with E-state index >= 15 is 8.78 Å². The number of ketones is 2. The number of hydrogen-bond donors (Lipinski definition) is 2. The molecule has 3 saturated carbocycles. The predicted octanol–water partition coefficient (Wildman–Crippen LogP) is 3.03. The first-order valence-electron chi connectivity index (χ1n) is 11.9. The van der Waals surface area contributed by atoms with E-state index in [1.165, 1.54) is 6.08 Å². The van der Waals surface area contributed by atoms with Gasteiger partial charge in [0, 0.05) is 35.5 Å². The van der Waals surface area contributed by atoms with Gasteiger partial charge in [-0.1, -0.05) is 27.7 Å². The third-order valence-electron chi connectivity index (χ3n) is 9.69. The molecule has 0 aromatic rings. The summed E-state index contributed by atoms with van der Waals surface area (Å²) < 4.78 is 38.5. The van der Waals surface area contributed by atoms with Crippen LogP contribution in [-0.4, -0.2) is 57.9 Å².